The van der Waals surface area contributed by atoms with Gasteiger partial charge in [-0.05, 0) is 48.9 Å². The number of pyridine rings is 1. The van der Waals surface area contributed by atoms with Crippen molar-refractivity contribution in [2.45, 2.75) is 33.9 Å². The molecule has 0 atom stereocenters. The Bertz CT molecular complexity index is 1500. The van der Waals surface area contributed by atoms with Gasteiger partial charge in [0.05, 0.1) is 17.7 Å². The summed E-state index contributed by atoms with van der Waals surface area (Å²) in [4.78, 5) is 16.4. The zero-order valence-corrected chi connectivity index (χ0v) is 19.8. The summed E-state index contributed by atoms with van der Waals surface area (Å²) in [6, 6.07) is 19.6. The van der Waals surface area contributed by atoms with E-state index in [-0.39, 0.29) is 9.79 Å². The molecule has 5 rings (SSSR count). The molecule has 0 unspecified atom stereocenters. The molecule has 6 nitrogen and oxygen atoms in total. The van der Waals surface area contributed by atoms with Crippen LogP contribution in [-0.4, -0.2) is 25.1 Å². The first-order valence-corrected chi connectivity index (χ1v) is 12.9. The number of hydrogen-bond acceptors (Lipinski definition) is 5. The van der Waals surface area contributed by atoms with Gasteiger partial charge in [-0.25, -0.2) is 8.42 Å². The Labute approximate surface area is 196 Å². The second-order valence-corrected chi connectivity index (χ2v) is 10.8. The highest BCUT2D eigenvalue weighted by Gasteiger charge is 2.28. The smallest absolute Gasteiger partial charge is 0.267 e. The number of aromatic nitrogens is 2. The lowest BCUT2D eigenvalue weighted by molar-refractivity contribution is 0.414. The fourth-order valence-electron chi connectivity index (χ4n) is 4.11. The minimum Gasteiger partial charge on any atom is -0.497 e. The Balaban J connectivity index is 1.55. The van der Waals surface area contributed by atoms with E-state index in [2.05, 4.69) is 15.6 Å². The maximum Gasteiger partial charge on any atom is 0.267 e. The molecule has 1 N–H and O–H groups in total. The Hall–Kier alpha value is -3.23. The zero-order chi connectivity index (χ0) is 23.2. The maximum atomic E-state index is 13.1. The summed E-state index contributed by atoms with van der Waals surface area (Å²) in [6.45, 7) is 2.74. The van der Waals surface area contributed by atoms with Crippen molar-refractivity contribution in [1.82, 2.24) is 9.55 Å². The summed E-state index contributed by atoms with van der Waals surface area (Å²) in [5, 5.41) is 0. The molecule has 168 valence electrons. The molecule has 1 aliphatic heterocycles. The van der Waals surface area contributed by atoms with E-state index in [1.54, 1.807) is 25.3 Å². The molecule has 0 radical (unpaired) electrons. The third kappa shape index (κ3) is 3.79. The number of thioether (sulfide) groups is 1. The first-order valence-electron chi connectivity index (χ1n) is 10.4. The van der Waals surface area contributed by atoms with E-state index in [0.717, 1.165) is 33.2 Å². The molecule has 8 heteroatoms. The van der Waals surface area contributed by atoms with Crippen molar-refractivity contribution in [2.75, 3.05) is 7.11 Å². The van der Waals surface area contributed by atoms with Crippen LogP contribution in [0.4, 0.5) is 0 Å². The first kappa shape index (κ1) is 21.6. The third-order valence-corrected chi connectivity index (χ3v) is 8.69. The van der Waals surface area contributed by atoms with Crippen LogP contribution in [0.25, 0.3) is 11.3 Å². The van der Waals surface area contributed by atoms with Crippen molar-refractivity contribution >= 4 is 21.6 Å². The first-order chi connectivity index (χ1) is 15.9. The lowest BCUT2D eigenvalue weighted by Crippen LogP contribution is -2.20. The van der Waals surface area contributed by atoms with E-state index < -0.39 is 15.4 Å². The number of benzene rings is 2. The van der Waals surface area contributed by atoms with E-state index in [9.17, 15) is 13.2 Å². The number of nitrogens with one attached hydrogen (secondary N) is 1. The number of sulfone groups is 1. The van der Waals surface area contributed by atoms with Gasteiger partial charge in [0.1, 0.15) is 10.6 Å². The van der Waals surface area contributed by atoms with Gasteiger partial charge in [0.2, 0.25) is 9.84 Å². The molecule has 0 bridgehead atoms. The molecular weight excluding hydrogens is 456 g/mol. The van der Waals surface area contributed by atoms with Gasteiger partial charge in [-0.3, -0.25) is 4.79 Å². The van der Waals surface area contributed by atoms with Gasteiger partial charge in [0.15, 0.2) is 0 Å². The highest BCUT2D eigenvalue weighted by Crippen LogP contribution is 2.42. The second-order valence-electron chi connectivity index (χ2n) is 7.89. The van der Waals surface area contributed by atoms with Gasteiger partial charge in [-0.2, -0.15) is 0 Å². The number of hydrogen-bond donors (Lipinski definition) is 1. The maximum absolute atomic E-state index is 13.1. The predicted molar refractivity (Wildman–Crippen MR) is 129 cm³/mol. The van der Waals surface area contributed by atoms with Crippen molar-refractivity contribution < 1.29 is 13.2 Å². The van der Waals surface area contributed by atoms with Gasteiger partial charge in [-0.1, -0.05) is 30.3 Å². The third-order valence-electron chi connectivity index (χ3n) is 5.86. The molecule has 2 aromatic heterocycles. The molecule has 3 heterocycles. The van der Waals surface area contributed by atoms with Crippen LogP contribution in [0.5, 0.6) is 5.75 Å². The quantitative estimate of drug-likeness (QED) is 0.452. The Morgan fingerprint density at radius 2 is 1.79 bits per heavy atom. The SMILES string of the molecule is COc1ccc(Cn2c(C)cc3c2CSc2cc(S(=O)(=O)c4ccccc4)c(=O)[nH]c2-3)cc1. The molecule has 0 fully saturated rings. The average molecular weight is 479 g/mol. The van der Waals surface area contributed by atoms with Crippen molar-refractivity contribution in [3.63, 3.8) is 0 Å². The summed E-state index contributed by atoms with van der Waals surface area (Å²) in [5.74, 6) is 1.50. The lowest BCUT2D eigenvalue weighted by atomic mass is 10.1. The van der Waals surface area contributed by atoms with E-state index in [1.807, 2.05) is 31.2 Å². The van der Waals surface area contributed by atoms with Crippen molar-refractivity contribution in [1.29, 1.82) is 0 Å². The molecule has 0 amide bonds. The summed E-state index contributed by atoms with van der Waals surface area (Å²) in [7, 11) is -2.26. The number of fused-ring (bicyclic) bond motifs is 3. The number of nitrogens with zero attached hydrogens (tertiary/aromatic N) is 1. The molecule has 1 aliphatic rings. The Morgan fingerprint density at radius 3 is 2.48 bits per heavy atom. The predicted octanol–water partition coefficient (Wildman–Crippen LogP) is 4.65. The average Bonchev–Trinajstić information content (AvgIpc) is 3.15. The number of methoxy groups -OCH3 is 1. The topological polar surface area (TPSA) is 81.2 Å². The Morgan fingerprint density at radius 1 is 1.06 bits per heavy atom. The summed E-state index contributed by atoms with van der Waals surface area (Å²) in [5.41, 5.74) is 4.34. The number of H-pyrrole nitrogens is 1. The van der Waals surface area contributed by atoms with Crippen LogP contribution in [0.1, 0.15) is 17.0 Å². The standard InChI is InChI=1S/C25H22N2O4S2/c1-16-12-20-21(27(16)14-17-8-10-18(31-2)11-9-17)15-32-22-13-23(25(28)26-24(20)22)33(29,30)19-6-4-3-5-7-19/h3-13H,14-15H2,1-2H3,(H,26,28). The van der Waals surface area contributed by atoms with Gasteiger partial charge >= 0.3 is 0 Å². The van der Waals surface area contributed by atoms with E-state index in [0.29, 0.717) is 18.0 Å². The number of aromatic amines is 1. The minimum atomic E-state index is -3.90. The number of rotatable bonds is 5. The summed E-state index contributed by atoms with van der Waals surface area (Å²) >= 11 is 1.53. The second kappa shape index (κ2) is 8.28. The van der Waals surface area contributed by atoms with Crippen molar-refractivity contribution in [3.05, 3.63) is 94.0 Å². The van der Waals surface area contributed by atoms with Crippen molar-refractivity contribution in [2.24, 2.45) is 0 Å². The zero-order valence-electron chi connectivity index (χ0n) is 18.2. The van der Waals surface area contributed by atoms with Gasteiger partial charge in [-0.15, -0.1) is 11.8 Å². The van der Waals surface area contributed by atoms with Crippen LogP contribution in [-0.2, 0) is 22.1 Å². The van der Waals surface area contributed by atoms with Gasteiger partial charge in [0.25, 0.3) is 5.56 Å². The van der Waals surface area contributed by atoms with Crippen LogP contribution in [0.15, 0.2) is 86.2 Å². The lowest BCUT2D eigenvalue weighted by Gasteiger charge is -2.20. The van der Waals surface area contributed by atoms with E-state index in [1.165, 1.54) is 30.0 Å². The van der Waals surface area contributed by atoms with Crippen LogP contribution in [0.3, 0.4) is 0 Å². The number of ether oxygens (including phenoxy) is 1. The van der Waals surface area contributed by atoms with Crippen LogP contribution in [0.2, 0.25) is 0 Å². The molecule has 33 heavy (non-hydrogen) atoms. The molecule has 0 aliphatic carbocycles. The fourth-order valence-corrected chi connectivity index (χ4v) is 6.64. The largest absolute Gasteiger partial charge is 0.497 e. The van der Waals surface area contributed by atoms with Crippen LogP contribution >= 0.6 is 11.8 Å². The monoisotopic (exact) mass is 478 g/mol. The van der Waals surface area contributed by atoms with Gasteiger partial charge < -0.3 is 14.3 Å². The van der Waals surface area contributed by atoms with Gasteiger partial charge in [0, 0.05) is 34.1 Å². The highest BCUT2D eigenvalue weighted by molar-refractivity contribution is 7.98. The molecule has 0 spiro atoms. The molecule has 0 saturated heterocycles. The van der Waals surface area contributed by atoms with Crippen LogP contribution in [0, 0.1) is 6.92 Å². The normalized spacial score (nSPS) is 12.8. The summed E-state index contributed by atoms with van der Waals surface area (Å²) in [6.07, 6.45) is 0. The Kier molecular flexibility index (Phi) is 5.42. The van der Waals surface area contributed by atoms with E-state index >= 15 is 0 Å². The summed E-state index contributed by atoms with van der Waals surface area (Å²) < 4.78 is 33.6. The molecule has 0 saturated carbocycles. The van der Waals surface area contributed by atoms with Crippen molar-refractivity contribution in [3.8, 4) is 17.0 Å². The van der Waals surface area contributed by atoms with E-state index in [4.69, 9.17) is 4.74 Å². The fraction of sp³-hybridized carbons (Fsp3) is 0.160. The molecule has 4 aromatic rings. The minimum absolute atomic E-state index is 0.110. The molecule has 2 aromatic carbocycles. The number of aryl methyl sites for hydroxylation is 1. The molecular formula is C25H22N2O4S2. The van der Waals surface area contributed by atoms with Crippen LogP contribution < -0.4 is 10.3 Å². The highest BCUT2D eigenvalue weighted by atomic mass is 32.2.